The van der Waals surface area contributed by atoms with Crippen molar-refractivity contribution in [3.63, 3.8) is 0 Å². The summed E-state index contributed by atoms with van der Waals surface area (Å²) < 4.78 is 12.9. The van der Waals surface area contributed by atoms with E-state index >= 15 is 0 Å². The molecule has 4 fully saturated rings. The summed E-state index contributed by atoms with van der Waals surface area (Å²) in [6.45, 7) is 14.0. The fourth-order valence-corrected chi connectivity index (χ4v) is 8.33. The summed E-state index contributed by atoms with van der Waals surface area (Å²) in [5.74, 6) is 2.27. The van der Waals surface area contributed by atoms with E-state index in [0.29, 0.717) is 42.0 Å². The molecule has 0 bridgehead atoms. The van der Waals surface area contributed by atoms with Crippen LogP contribution in [0.1, 0.15) is 92.9 Å². The maximum atomic E-state index is 7.18. The first-order valence-electron chi connectivity index (χ1n) is 12.5. The lowest BCUT2D eigenvalue weighted by Crippen LogP contribution is -2.33. The van der Waals surface area contributed by atoms with Gasteiger partial charge in [0.1, 0.15) is 0 Å². The molecule has 10 atom stereocenters. The molecule has 9 unspecified atom stereocenters. The minimum Gasteiger partial charge on any atom is -0.375 e. The van der Waals surface area contributed by atoms with Gasteiger partial charge in [-0.25, -0.2) is 0 Å². The molecule has 0 amide bonds. The molecule has 0 radical (unpaired) electrons. The second-order valence-electron chi connectivity index (χ2n) is 13.0. The van der Waals surface area contributed by atoms with E-state index in [2.05, 4.69) is 41.5 Å². The predicted molar refractivity (Wildman–Crippen MR) is 126 cm³/mol. The fraction of sp³-hybridized carbons (Fsp3) is 1.00. The number of fused-ring (bicyclic) bond motifs is 2. The van der Waals surface area contributed by atoms with E-state index in [9.17, 15) is 0 Å². The third-order valence-corrected chi connectivity index (χ3v) is 9.81. The minimum atomic E-state index is 0.189. The minimum absolute atomic E-state index is 0.189. The summed E-state index contributed by atoms with van der Waals surface area (Å²) in [4.78, 5) is 0. The van der Waals surface area contributed by atoms with Gasteiger partial charge in [0.15, 0.2) is 0 Å². The third kappa shape index (κ3) is 4.87. The van der Waals surface area contributed by atoms with Crippen LogP contribution in [0.4, 0.5) is 0 Å². The standard InChI is InChI=1S/C26H44Cl2O2/c1-15-18-11-16(23(27)22(18)20(29-15)13-25(2,3)4)12-26(5,6)14-21-24(28)17-9-7-8-10-19(17)30-21/h15-24H,7-14H2,1-6H3/t15?,16-,17?,18?,19?,20?,21?,22?,23?,24?/m1/s1. The molecular weight excluding hydrogens is 415 g/mol. The van der Waals surface area contributed by atoms with Crippen molar-refractivity contribution in [3.8, 4) is 0 Å². The van der Waals surface area contributed by atoms with Gasteiger partial charge in [0.05, 0.1) is 29.8 Å². The van der Waals surface area contributed by atoms with Gasteiger partial charge in [-0.3, -0.25) is 0 Å². The quantitative estimate of drug-likeness (QED) is 0.398. The van der Waals surface area contributed by atoms with Crippen molar-refractivity contribution in [1.29, 1.82) is 0 Å². The van der Waals surface area contributed by atoms with Crippen LogP contribution in [-0.2, 0) is 9.47 Å². The van der Waals surface area contributed by atoms with Gasteiger partial charge in [-0.2, -0.15) is 0 Å². The van der Waals surface area contributed by atoms with Gasteiger partial charge in [0.2, 0.25) is 0 Å². The highest BCUT2D eigenvalue weighted by atomic mass is 35.5. The molecule has 0 N–H and O–H groups in total. The molecule has 0 aromatic rings. The van der Waals surface area contributed by atoms with Crippen LogP contribution in [0.3, 0.4) is 0 Å². The normalized spacial score (nSPS) is 46.8. The van der Waals surface area contributed by atoms with Crippen molar-refractivity contribution in [3.05, 3.63) is 0 Å². The molecule has 174 valence electrons. The number of ether oxygens (including phenoxy) is 2. The van der Waals surface area contributed by atoms with E-state index in [4.69, 9.17) is 32.7 Å². The van der Waals surface area contributed by atoms with Gasteiger partial charge in [-0.15, -0.1) is 23.2 Å². The summed E-state index contributed by atoms with van der Waals surface area (Å²) in [6.07, 6.45) is 10.9. The highest BCUT2D eigenvalue weighted by molar-refractivity contribution is 6.21. The first-order chi connectivity index (χ1) is 14.0. The summed E-state index contributed by atoms with van der Waals surface area (Å²) in [5, 5.41) is 0.416. The Labute approximate surface area is 195 Å². The van der Waals surface area contributed by atoms with Gasteiger partial charge < -0.3 is 9.47 Å². The molecule has 4 aliphatic rings. The van der Waals surface area contributed by atoms with E-state index in [1.165, 1.54) is 38.5 Å². The van der Waals surface area contributed by atoms with Crippen LogP contribution in [0, 0.1) is 34.5 Å². The molecule has 2 aliphatic carbocycles. The molecule has 4 heteroatoms. The van der Waals surface area contributed by atoms with Gasteiger partial charge in [-0.05, 0) is 68.1 Å². The molecular formula is C26H44Cl2O2. The van der Waals surface area contributed by atoms with Crippen molar-refractivity contribution in [2.24, 2.45) is 34.5 Å². The maximum Gasteiger partial charge on any atom is 0.0751 e. The molecule has 4 rings (SSSR count). The van der Waals surface area contributed by atoms with Gasteiger partial charge in [-0.1, -0.05) is 47.5 Å². The second-order valence-corrected chi connectivity index (χ2v) is 14.0. The van der Waals surface area contributed by atoms with Crippen LogP contribution in [-0.4, -0.2) is 35.2 Å². The van der Waals surface area contributed by atoms with Crippen molar-refractivity contribution in [2.45, 2.75) is 128 Å². The Bertz CT molecular complexity index is 600. The van der Waals surface area contributed by atoms with Crippen LogP contribution < -0.4 is 0 Å². The molecule has 2 saturated carbocycles. The Morgan fingerprint density at radius 3 is 2.17 bits per heavy atom. The number of halogens is 2. The summed E-state index contributed by atoms with van der Waals surface area (Å²) in [7, 11) is 0. The van der Waals surface area contributed by atoms with Gasteiger partial charge in [0, 0.05) is 17.2 Å². The SMILES string of the molecule is CC1OC(CC(C)(C)C)C2C1C[C@H](CC(C)(C)CC1OC3CCCCC3C1Cl)C2Cl. The molecule has 2 heterocycles. The highest BCUT2D eigenvalue weighted by Gasteiger charge is 2.55. The van der Waals surface area contributed by atoms with Crippen LogP contribution in [0.15, 0.2) is 0 Å². The van der Waals surface area contributed by atoms with E-state index in [1.54, 1.807) is 0 Å². The third-order valence-electron chi connectivity index (χ3n) is 8.56. The van der Waals surface area contributed by atoms with E-state index in [-0.39, 0.29) is 27.7 Å². The number of hydrogen-bond donors (Lipinski definition) is 0. The fourth-order valence-electron chi connectivity index (χ4n) is 7.36. The highest BCUT2D eigenvalue weighted by Crippen LogP contribution is 2.55. The monoisotopic (exact) mass is 458 g/mol. The average molecular weight is 460 g/mol. The first kappa shape index (κ1) is 23.7. The van der Waals surface area contributed by atoms with Crippen molar-refractivity contribution < 1.29 is 9.47 Å². The molecule has 0 aromatic carbocycles. The number of rotatable bonds is 5. The molecule has 2 nitrogen and oxygen atoms in total. The Morgan fingerprint density at radius 2 is 1.50 bits per heavy atom. The summed E-state index contributed by atoms with van der Waals surface area (Å²) in [5.41, 5.74) is 0.477. The first-order valence-corrected chi connectivity index (χ1v) is 13.4. The molecule has 30 heavy (non-hydrogen) atoms. The van der Waals surface area contributed by atoms with Crippen molar-refractivity contribution in [1.82, 2.24) is 0 Å². The maximum absolute atomic E-state index is 7.18. The van der Waals surface area contributed by atoms with Crippen LogP contribution in [0.2, 0.25) is 0 Å². The van der Waals surface area contributed by atoms with Gasteiger partial charge in [0.25, 0.3) is 0 Å². The molecule has 2 saturated heterocycles. The summed E-state index contributed by atoms with van der Waals surface area (Å²) in [6, 6.07) is 0. The Hall–Kier alpha value is 0.500. The lowest BCUT2D eigenvalue weighted by molar-refractivity contribution is -0.00613. The zero-order valence-electron chi connectivity index (χ0n) is 20.0. The predicted octanol–water partition coefficient (Wildman–Crippen LogP) is 7.44. The number of alkyl halides is 2. The van der Waals surface area contributed by atoms with Crippen molar-refractivity contribution >= 4 is 23.2 Å². The average Bonchev–Trinajstić information content (AvgIpc) is 3.21. The smallest absolute Gasteiger partial charge is 0.0751 e. The van der Waals surface area contributed by atoms with Crippen LogP contribution >= 0.6 is 23.2 Å². The van der Waals surface area contributed by atoms with Crippen LogP contribution in [0.5, 0.6) is 0 Å². The summed E-state index contributed by atoms with van der Waals surface area (Å²) >= 11 is 14.1. The van der Waals surface area contributed by atoms with E-state index < -0.39 is 0 Å². The molecule has 2 aliphatic heterocycles. The van der Waals surface area contributed by atoms with E-state index in [0.717, 1.165) is 12.8 Å². The Balaban J connectivity index is 1.38. The second kappa shape index (κ2) is 8.69. The zero-order valence-corrected chi connectivity index (χ0v) is 21.5. The molecule has 0 aromatic heterocycles. The lowest BCUT2D eigenvalue weighted by atomic mass is 9.75. The zero-order chi connectivity index (χ0) is 21.8. The topological polar surface area (TPSA) is 18.5 Å². The van der Waals surface area contributed by atoms with E-state index in [1.807, 2.05) is 0 Å². The number of hydrogen-bond acceptors (Lipinski definition) is 2. The largest absolute Gasteiger partial charge is 0.375 e. The molecule has 0 spiro atoms. The Morgan fingerprint density at radius 1 is 0.800 bits per heavy atom. The Kier molecular flexibility index (Phi) is 6.85. The van der Waals surface area contributed by atoms with Crippen LogP contribution in [0.25, 0.3) is 0 Å². The lowest BCUT2D eigenvalue weighted by Gasteiger charge is -2.34. The van der Waals surface area contributed by atoms with Gasteiger partial charge >= 0.3 is 0 Å². The van der Waals surface area contributed by atoms with Crippen molar-refractivity contribution in [2.75, 3.05) is 0 Å².